The molecule has 1 aromatic rings. The van der Waals surface area contributed by atoms with Crippen LogP contribution in [-0.4, -0.2) is 42.9 Å². The Kier molecular flexibility index (Phi) is 5.31. The van der Waals surface area contributed by atoms with Gasteiger partial charge in [-0.3, -0.25) is 14.5 Å². The number of thiophene rings is 1. The number of anilines is 1. The van der Waals surface area contributed by atoms with Crippen LogP contribution in [0.1, 0.15) is 24.8 Å². The average Bonchev–Trinajstić information content (AvgIpc) is 3.13. The van der Waals surface area contributed by atoms with Crippen molar-refractivity contribution in [1.29, 1.82) is 5.26 Å². The summed E-state index contributed by atoms with van der Waals surface area (Å²) < 4.78 is 0. The molecule has 0 atom stereocenters. The summed E-state index contributed by atoms with van der Waals surface area (Å²) in [7, 11) is 1.81. The normalized spacial score (nSPS) is 13.8. The van der Waals surface area contributed by atoms with Crippen LogP contribution in [-0.2, 0) is 9.59 Å². The Labute approximate surface area is 127 Å². The first-order valence-corrected chi connectivity index (χ1v) is 7.72. The number of likely N-dealkylation sites (N-methyl/N-ethyl adjacent to an activating group) is 1. The van der Waals surface area contributed by atoms with Crippen LogP contribution < -0.4 is 10.6 Å². The Morgan fingerprint density at radius 2 is 2.24 bits per heavy atom. The molecule has 1 heterocycles. The quantitative estimate of drug-likeness (QED) is 0.791. The monoisotopic (exact) mass is 306 g/mol. The third-order valence-electron chi connectivity index (χ3n) is 3.12. The van der Waals surface area contributed by atoms with Crippen LogP contribution in [0.2, 0.25) is 0 Å². The molecule has 0 aliphatic heterocycles. The van der Waals surface area contributed by atoms with E-state index < -0.39 is 0 Å². The molecule has 0 radical (unpaired) electrons. The second-order valence-electron chi connectivity index (χ2n) is 5.15. The standard InChI is InChI=1S/C14H18N4O2S/c1-18(9-13(20)16-11-2-3-11)6-4-12(19)17-14-10(8-15)5-7-21-14/h5,7,11H,2-4,6,9H2,1H3,(H,16,20)(H,17,19). The number of carbonyl (C=O) groups is 2. The molecule has 1 aromatic heterocycles. The molecule has 7 heteroatoms. The number of nitriles is 1. The van der Waals surface area contributed by atoms with Crippen LogP contribution in [0.4, 0.5) is 5.00 Å². The van der Waals surface area contributed by atoms with Crippen molar-refractivity contribution in [2.75, 3.05) is 25.5 Å². The number of rotatable bonds is 7. The first-order chi connectivity index (χ1) is 10.1. The number of carbonyl (C=O) groups excluding carboxylic acids is 2. The molecular formula is C14H18N4O2S. The van der Waals surface area contributed by atoms with Gasteiger partial charge in [0.25, 0.3) is 0 Å². The van der Waals surface area contributed by atoms with Crippen molar-refractivity contribution in [3.8, 4) is 6.07 Å². The van der Waals surface area contributed by atoms with E-state index in [2.05, 4.69) is 10.6 Å². The third-order valence-corrected chi connectivity index (χ3v) is 3.95. The van der Waals surface area contributed by atoms with Gasteiger partial charge in [0.05, 0.1) is 12.1 Å². The lowest BCUT2D eigenvalue weighted by Gasteiger charge is -2.15. The predicted octanol–water partition coefficient (Wildman–Crippen LogP) is 1.16. The maximum atomic E-state index is 11.8. The fraction of sp³-hybridized carbons (Fsp3) is 0.500. The highest BCUT2D eigenvalue weighted by molar-refractivity contribution is 7.14. The molecule has 1 saturated carbocycles. The van der Waals surface area contributed by atoms with E-state index in [-0.39, 0.29) is 18.2 Å². The average molecular weight is 306 g/mol. The van der Waals surface area contributed by atoms with Gasteiger partial charge in [-0.05, 0) is 31.3 Å². The zero-order valence-electron chi connectivity index (χ0n) is 11.9. The zero-order valence-corrected chi connectivity index (χ0v) is 12.7. The smallest absolute Gasteiger partial charge is 0.234 e. The summed E-state index contributed by atoms with van der Waals surface area (Å²) in [5.41, 5.74) is 0.477. The van der Waals surface area contributed by atoms with E-state index in [0.29, 0.717) is 29.7 Å². The highest BCUT2D eigenvalue weighted by atomic mass is 32.1. The van der Waals surface area contributed by atoms with Gasteiger partial charge < -0.3 is 10.6 Å². The lowest BCUT2D eigenvalue weighted by molar-refractivity contribution is -0.123. The second-order valence-corrected chi connectivity index (χ2v) is 6.07. The number of nitrogens with zero attached hydrogens (tertiary/aromatic N) is 2. The minimum atomic E-state index is -0.150. The molecule has 1 aliphatic carbocycles. The molecule has 21 heavy (non-hydrogen) atoms. The maximum absolute atomic E-state index is 11.8. The summed E-state index contributed by atoms with van der Waals surface area (Å²) in [6.07, 6.45) is 2.43. The third kappa shape index (κ3) is 5.17. The summed E-state index contributed by atoms with van der Waals surface area (Å²) in [5, 5.41) is 16.8. The largest absolute Gasteiger partial charge is 0.352 e. The minimum Gasteiger partial charge on any atom is -0.352 e. The topological polar surface area (TPSA) is 85.2 Å². The minimum absolute atomic E-state index is 0.00503. The molecule has 112 valence electrons. The van der Waals surface area contributed by atoms with Crippen LogP contribution in [0.5, 0.6) is 0 Å². The van der Waals surface area contributed by atoms with Gasteiger partial charge in [-0.15, -0.1) is 11.3 Å². The maximum Gasteiger partial charge on any atom is 0.234 e. The van der Waals surface area contributed by atoms with Gasteiger partial charge in [-0.2, -0.15) is 5.26 Å². The van der Waals surface area contributed by atoms with E-state index in [4.69, 9.17) is 5.26 Å². The van der Waals surface area contributed by atoms with Gasteiger partial charge in [-0.25, -0.2) is 0 Å². The Hall–Kier alpha value is -1.91. The van der Waals surface area contributed by atoms with E-state index in [1.807, 2.05) is 18.0 Å². The summed E-state index contributed by atoms with van der Waals surface area (Å²) in [4.78, 5) is 25.2. The Morgan fingerprint density at radius 3 is 2.90 bits per heavy atom. The molecule has 2 rings (SSSR count). The van der Waals surface area contributed by atoms with Gasteiger partial charge in [0.1, 0.15) is 11.1 Å². The molecular weight excluding hydrogens is 288 g/mol. The number of hydrogen-bond donors (Lipinski definition) is 2. The molecule has 0 bridgehead atoms. The first kappa shape index (κ1) is 15.5. The summed E-state index contributed by atoms with van der Waals surface area (Å²) in [5.74, 6) is -0.145. The highest BCUT2D eigenvalue weighted by Crippen LogP contribution is 2.22. The van der Waals surface area contributed by atoms with E-state index in [1.165, 1.54) is 11.3 Å². The molecule has 0 unspecified atom stereocenters. The van der Waals surface area contributed by atoms with Gasteiger partial charge >= 0.3 is 0 Å². The number of hydrogen-bond acceptors (Lipinski definition) is 5. The Morgan fingerprint density at radius 1 is 1.48 bits per heavy atom. The SMILES string of the molecule is CN(CCC(=O)Nc1sccc1C#N)CC(=O)NC1CC1. The molecule has 0 aromatic carbocycles. The van der Waals surface area contributed by atoms with Crippen LogP contribution >= 0.6 is 11.3 Å². The van der Waals surface area contributed by atoms with Crippen molar-refractivity contribution in [3.05, 3.63) is 17.0 Å². The molecule has 0 spiro atoms. The van der Waals surface area contributed by atoms with Gasteiger partial charge in [0.15, 0.2) is 0 Å². The second kappa shape index (κ2) is 7.20. The van der Waals surface area contributed by atoms with Gasteiger partial charge in [-0.1, -0.05) is 0 Å². The number of amides is 2. The van der Waals surface area contributed by atoms with Crippen molar-refractivity contribution in [2.24, 2.45) is 0 Å². The molecule has 2 N–H and O–H groups in total. The zero-order chi connectivity index (χ0) is 15.2. The van der Waals surface area contributed by atoms with Gasteiger partial charge in [0.2, 0.25) is 11.8 Å². The summed E-state index contributed by atoms with van der Waals surface area (Å²) in [6, 6.07) is 4.06. The van der Waals surface area contributed by atoms with Crippen molar-refractivity contribution in [3.63, 3.8) is 0 Å². The van der Waals surface area contributed by atoms with Crippen LogP contribution in [0.3, 0.4) is 0 Å². The molecule has 1 aliphatic rings. The van der Waals surface area contributed by atoms with Crippen molar-refractivity contribution < 1.29 is 9.59 Å². The summed E-state index contributed by atoms with van der Waals surface area (Å²) in [6.45, 7) is 0.795. The molecule has 6 nitrogen and oxygen atoms in total. The molecule has 0 saturated heterocycles. The molecule has 1 fully saturated rings. The van der Waals surface area contributed by atoms with Crippen LogP contribution in [0.15, 0.2) is 11.4 Å². The van der Waals surface area contributed by atoms with E-state index in [1.54, 1.807) is 11.4 Å². The van der Waals surface area contributed by atoms with Gasteiger partial charge in [0, 0.05) is 19.0 Å². The predicted molar refractivity (Wildman–Crippen MR) is 80.9 cm³/mol. The molecule has 2 amide bonds. The highest BCUT2D eigenvalue weighted by Gasteiger charge is 2.23. The van der Waals surface area contributed by atoms with Crippen molar-refractivity contribution in [2.45, 2.75) is 25.3 Å². The fourth-order valence-electron chi connectivity index (χ4n) is 1.80. The van der Waals surface area contributed by atoms with E-state index >= 15 is 0 Å². The lowest BCUT2D eigenvalue weighted by Crippen LogP contribution is -2.37. The van der Waals surface area contributed by atoms with Crippen molar-refractivity contribution >= 4 is 28.2 Å². The van der Waals surface area contributed by atoms with Crippen LogP contribution in [0, 0.1) is 11.3 Å². The van der Waals surface area contributed by atoms with E-state index in [0.717, 1.165) is 12.8 Å². The fourth-order valence-corrected chi connectivity index (χ4v) is 2.55. The Bertz CT molecular complexity index is 560. The Balaban J connectivity index is 1.68. The van der Waals surface area contributed by atoms with Crippen LogP contribution in [0.25, 0.3) is 0 Å². The van der Waals surface area contributed by atoms with E-state index in [9.17, 15) is 9.59 Å². The first-order valence-electron chi connectivity index (χ1n) is 6.84. The number of nitrogens with one attached hydrogen (secondary N) is 2. The summed E-state index contributed by atoms with van der Waals surface area (Å²) >= 11 is 1.33. The lowest BCUT2D eigenvalue weighted by atomic mass is 10.3. The van der Waals surface area contributed by atoms with Crippen molar-refractivity contribution in [1.82, 2.24) is 10.2 Å².